The predicted molar refractivity (Wildman–Crippen MR) is 78.9 cm³/mol. The topological polar surface area (TPSA) is 0 Å². The van der Waals surface area contributed by atoms with Crippen LogP contribution in [0.25, 0.3) is 11.1 Å². The van der Waals surface area contributed by atoms with Gasteiger partial charge >= 0.3 is 0 Å². The molecule has 0 aliphatic carbocycles. The van der Waals surface area contributed by atoms with E-state index in [-0.39, 0.29) is 0 Å². The van der Waals surface area contributed by atoms with Gasteiger partial charge in [-0.05, 0) is 40.2 Å². The average Bonchev–Trinajstić information content (AvgIpc) is 2.39. The first-order valence-electron chi connectivity index (χ1n) is 6.70. The number of hydrogen-bond donors (Lipinski definition) is 0. The van der Waals surface area contributed by atoms with Crippen molar-refractivity contribution in [2.24, 2.45) is 0 Å². The number of hydrogen-bond acceptors (Lipinski definition) is 0. The molecule has 0 aliphatic rings. The van der Waals surface area contributed by atoms with Crippen molar-refractivity contribution in [1.82, 2.24) is 0 Å². The van der Waals surface area contributed by atoms with Crippen LogP contribution in [0.5, 0.6) is 0 Å². The van der Waals surface area contributed by atoms with Gasteiger partial charge in [0.25, 0.3) is 0 Å². The number of benzene rings is 2. The first-order chi connectivity index (χ1) is 8.59. The van der Waals surface area contributed by atoms with Gasteiger partial charge in [-0.1, -0.05) is 70.2 Å². The maximum absolute atomic E-state index is 3.38. The fraction of sp³-hybridized carbons (Fsp3) is 0.333. The largest absolute Gasteiger partial charge is 0.0613 e. The third-order valence-electron chi connectivity index (χ3n) is 3.38. The Morgan fingerprint density at radius 2 is 1.50 bits per heavy atom. The van der Waals surface area contributed by atoms with Crippen LogP contribution in [0.2, 0.25) is 0 Å². The Morgan fingerprint density at radius 3 is 2.06 bits per heavy atom. The van der Waals surface area contributed by atoms with Gasteiger partial charge in [-0.15, -0.1) is 0 Å². The highest BCUT2D eigenvalue weighted by molar-refractivity contribution is 5.67. The summed E-state index contributed by atoms with van der Waals surface area (Å²) in [4.78, 5) is 0. The SMILES string of the molecule is CC(C)c1ccc(-c2[c]cccc2C(C)C)cc1. The normalized spacial score (nSPS) is 11.2. The zero-order valence-corrected chi connectivity index (χ0v) is 11.7. The van der Waals surface area contributed by atoms with Gasteiger partial charge in [0.1, 0.15) is 0 Å². The zero-order valence-electron chi connectivity index (χ0n) is 11.7. The molecule has 0 nitrogen and oxygen atoms in total. The predicted octanol–water partition coefficient (Wildman–Crippen LogP) is 5.40. The maximum Gasteiger partial charge on any atom is -0.00705 e. The van der Waals surface area contributed by atoms with E-state index in [0.717, 1.165) is 0 Å². The second-order valence-electron chi connectivity index (χ2n) is 5.43. The molecule has 0 spiro atoms. The van der Waals surface area contributed by atoms with Crippen molar-refractivity contribution in [2.45, 2.75) is 39.5 Å². The summed E-state index contributed by atoms with van der Waals surface area (Å²) in [5.74, 6) is 1.12. The minimum Gasteiger partial charge on any atom is -0.0613 e. The summed E-state index contributed by atoms with van der Waals surface area (Å²) >= 11 is 0. The van der Waals surface area contributed by atoms with Crippen LogP contribution in [-0.4, -0.2) is 0 Å². The summed E-state index contributed by atoms with van der Waals surface area (Å²) < 4.78 is 0. The zero-order chi connectivity index (χ0) is 13.1. The van der Waals surface area contributed by atoms with Crippen LogP contribution in [0.1, 0.15) is 50.7 Å². The van der Waals surface area contributed by atoms with Gasteiger partial charge in [-0.2, -0.15) is 0 Å². The van der Waals surface area contributed by atoms with E-state index in [1.54, 1.807) is 0 Å². The summed E-state index contributed by atoms with van der Waals surface area (Å²) in [7, 11) is 0. The molecule has 1 radical (unpaired) electrons. The van der Waals surface area contributed by atoms with E-state index in [1.807, 2.05) is 6.07 Å². The molecule has 0 N–H and O–H groups in total. The molecular weight excluding hydrogens is 216 g/mol. The van der Waals surface area contributed by atoms with Gasteiger partial charge in [0.2, 0.25) is 0 Å². The molecule has 0 amide bonds. The number of rotatable bonds is 3. The fourth-order valence-electron chi connectivity index (χ4n) is 2.22. The minimum absolute atomic E-state index is 0.530. The third-order valence-corrected chi connectivity index (χ3v) is 3.38. The van der Waals surface area contributed by atoms with Gasteiger partial charge in [0.05, 0.1) is 0 Å². The van der Waals surface area contributed by atoms with Gasteiger partial charge in [-0.3, -0.25) is 0 Å². The molecule has 0 atom stereocenters. The van der Waals surface area contributed by atoms with Crippen LogP contribution < -0.4 is 0 Å². The van der Waals surface area contributed by atoms with Crippen molar-refractivity contribution in [3.63, 3.8) is 0 Å². The molecule has 93 valence electrons. The van der Waals surface area contributed by atoms with E-state index in [2.05, 4.69) is 70.2 Å². The molecule has 0 heteroatoms. The molecular formula is C18H21. The summed E-state index contributed by atoms with van der Waals surface area (Å²) in [6, 6.07) is 18.5. The Morgan fingerprint density at radius 1 is 0.833 bits per heavy atom. The fourth-order valence-corrected chi connectivity index (χ4v) is 2.22. The third kappa shape index (κ3) is 2.64. The first-order valence-corrected chi connectivity index (χ1v) is 6.70. The lowest BCUT2D eigenvalue weighted by atomic mass is 9.91. The lowest BCUT2D eigenvalue weighted by molar-refractivity contribution is 0.864. The molecule has 0 saturated carbocycles. The van der Waals surface area contributed by atoms with E-state index in [4.69, 9.17) is 0 Å². The molecule has 0 bridgehead atoms. The van der Waals surface area contributed by atoms with Crippen molar-refractivity contribution in [3.05, 3.63) is 59.7 Å². The van der Waals surface area contributed by atoms with Crippen LogP contribution >= 0.6 is 0 Å². The smallest absolute Gasteiger partial charge is 0.00705 e. The molecule has 0 saturated heterocycles. The average molecular weight is 237 g/mol. The van der Waals surface area contributed by atoms with E-state index in [0.29, 0.717) is 11.8 Å². The lowest BCUT2D eigenvalue weighted by Gasteiger charge is -2.13. The Kier molecular flexibility index (Phi) is 3.86. The summed E-state index contributed by atoms with van der Waals surface area (Å²) in [5, 5.41) is 0. The second-order valence-corrected chi connectivity index (χ2v) is 5.43. The van der Waals surface area contributed by atoms with Crippen molar-refractivity contribution in [2.75, 3.05) is 0 Å². The molecule has 18 heavy (non-hydrogen) atoms. The molecule has 0 aromatic heterocycles. The summed E-state index contributed by atoms with van der Waals surface area (Å²) in [5.41, 5.74) is 5.27. The molecule has 2 aromatic carbocycles. The van der Waals surface area contributed by atoms with Gasteiger partial charge < -0.3 is 0 Å². The van der Waals surface area contributed by atoms with E-state index < -0.39 is 0 Å². The standard InChI is InChI=1S/C18H21/c1-13(2)15-9-11-16(12-10-15)18-8-6-5-7-17(18)14(3)4/h5-7,9-14H,1-4H3. The van der Waals surface area contributed by atoms with Crippen LogP contribution in [-0.2, 0) is 0 Å². The van der Waals surface area contributed by atoms with Crippen molar-refractivity contribution < 1.29 is 0 Å². The van der Waals surface area contributed by atoms with Crippen LogP contribution in [0.15, 0.2) is 42.5 Å². The molecule has 0 heterocycles. The van der Waals surface area contributed by atoms with Crippen molar-refractivity contribution in [3.8, 4) is 11.1 Å². The summed E-state index contributed by atoms with van der Waals surface area (Å²) in [6.07, 6.45) is 0. The van der Waals surface area contributed by atoms with Gasteiger partial charge in [-0.25, -0.2) is 0 Å². The minimum atomic E-state index is 0.530. The Labute approximate surface area is 111 Å². The van der Waals surface area contributed by atoms with Gasteiger partial charge in [0, 0.05) is 0 Å². The van der Waals surface area contributed by atoms with Crippen LogP contribution in [0.4, 0.5) is 0 Å². The van der Waals surface area contributed by atoms with Crippen molar-refractivity contribution in [1.29, 1.82) is 0 Å². The Bertz CT molecular complexity index is 504. The summed E-state index contributed by atoms with van der Waals surface area (Å²) in [6.45, 7) is 8.91. The van der Waals surface area contributed by atoms with Crippen LogP contribution in [0.3, 0.4) is 0 Å². The van der Waals surface area contributed by atoms with E-state index >= 15 is 0 Å². The molecule has 2 rings (SSSR count). The quantitative estimate of drug-likeness (QED) is 0.670. The highest BCUT2D eigenvalue weighted by Crippen LogP contribution is 2.29. The molecule has 0 aliphatic heterocycles. The second kappa shape index (κ2) is 5.39. The van der Waals surface area contributed by atoms with E-state index in [1.165, 1.54) is 22.3 Å². The van der Waals surface area contributed by atoms with E-state index in [9.17, 15) is 0 Å². The van der Waals surface area contributed by atoms with Crippen molar-refractivity contribution >= 4 is 0 Å². The molecule has 0 unspecified atom stereocenters. The lowest BCUT2D eigenvalue weighted by Crippen LogP contribution is -1.93. The van der Waals surface area contributed by atoms with Crippen LogP contribution in [0, 0.1) is 6.07 Å². The monoisotopic (exact) mass is 237 g/mol. The maximum atomic E-state index is 3.38. The Balaban J connectivity index is 2.43. The highest BCUT2D eigenvalue weighted by atomic mass is 14.1. The van der Waals surface area contributed by atoms with Gasteiger partial charge in [0.15, 0.2) is 0 Å². The first kappa shape index (κ1) is 12.9. The Hall–Kier alpha value is -1.56. The molecule has 2 aromatic rings. The molecule has 0 fully saturated rings. The highest BCUT2D eigenvalue weighted by Gasteiger charge is 2.08.